The van der Waals surface area contributed by atoms with Gasteiger partial charge >= 0.3 is 0 Å². The van der Waals surface area contributed by atoms with E-state index in [9.17, 15) is 0 Å². The number of hydrogen-bond donors (Lipinski definition) is 1. The van der Waals surface area contributed by atoms with Crippen LogP contribution in [-0.4, -0.2) is 15.2 Å². The summed E-state index contributed by atoms with van der Waals surface area (Å²) < 4.78 is 0. The molecule has 1 aromatic rings. The lowest BCUT2D eigenvalue weighted by Gasteiger charge is -2.55. The van der Waals surface area contributed by atoms with Gasteiger partial charge in [0.15, 0.2) is 5.82 Å². The summed E-state index contributed by atoms with van der Waals surface area (Å²) >= 11 is 0. The molecule has 4 bridgehead atoms. The third-order valence-corrected chi connectivity index (χ3v) is 6.76. The van der Waals surface area contributed by atoms with Crippen molar-refractivity contribution in [1.82, 2.24) is 15.2 Å². The molecule has 20 heavy (non-hydrogen) atoms. The second-order valence-electron chi connectivity index (χ2n) is 8.22. The van der Waals surface area contributed by atoms with Crippen molar-refractivity contribution < 1.29 is 0 Å². The van der Waals surface area contributed by atoms with Crippen LogP contribution < -0.4 is 0 Å². The van der Waals surface area contributed by atoms with Gasteiger partial charge in [0.2, 0.25) is 0 Å². The fourth-order valence-corrected chi connectivity index (χ4v) is 6.28. The van der Waals surface area contributed by atoms with Gasteiger partial charge in [-0.3, -0.25) is 5.10 Å². The molecule has 0 aromatic carbocycles. The molecule has 0 radical (unpaired) electrons. The minimum atomic E-state index is 0.363. The Labute approximate surface area is 120 Å². The normalized spacial score (nSPS) is 43.5. The maximum Gasteiger partial charge on any atom is 0.156 e. The molecule has 0 atom stereocenters. The number of nitrogens with one attached hydrogen (secondary N) is 1. The quantitative estimate of drug-likeness (QED) is 0.885. The van der Waals surface area contributed by atoms with E-state index in [1.165, 1.54) is 75.9 Å². The largest absolute Gasteiger partial charge is 0.263 e. The molecule has 5 aliphatic rings. The zero-order chi connectivity index (χ0) is 13.2. The van der Waals surface area contributed by atoms with Gasteiger partial charge in [0, 0.05) is 11.3 Å². The molecule has 0 unspecified atom stereocenters. The summed E-state index contributed by atoms with van der Waals surface area (Å²) in [5, 5.41) is 8.03. The van der Waals surface area contributed by atoms with Crippen LogP contribution in [0.15, 0.2) is 0 Å². The highest BCUT2D eigenvalue weighted by atomic mass is 15.2. The number of H-pyrrole nitrogens is 1. The Balaban J connectivity index is 1.47. The van der Waals surface area contributed by atoms with E-state index in [0.717, 1.165) is 17.8 Å². The van der Waals surface area contributed by atoms with Gasteiger partial charge in [-0.15, -0.1) is 0 Å². The second-order valence-corrected chi connectivity index (χ2v) is 8.22. The zero-order valence-electron chi connectivity index (χ0n) is 12.3. The zero-order valence-corrected chi connectivity index (χ0v) is 12.3. The fourth-order valence-electron chi connectivity index (χ4n) is 6.28. The van der Waals surface area contributed by atoms with Crippen LogP contribution in [0.1, 0.15) is 81.8 Å². The van der Waals surface area contributed by atoms with Crippen LogP contribution in [0.25, 0.3) is 0 Å². The van der Waals surface area contributed by atoms with E-state index in [1.54, 1.807) is 0 Å². The van der Waals surface area contributed by atoms with Crippen LogP contribution in [-0.2, 0) is 5.41 Å². The fraction of sp³-hybridized carbons (Fsp3) is 0.882. The van der Waals surface area contributed by atoms with Crippen LogP contribution in [0.3, 0.4) is 0 Å². The van der Waals surface area contributed by atoms with Crippen molar-refractivity contribution in [3.8, 4) is 0 Å². The highest BCUT2D eigenvalue weighted by Gasteiger charge is 2.53. The second kappa shape index (κ2) is 4.08. The molecule has 3 nitrogen and oxygen atoms in total. The standard InChI is InChI=1S/C17H25N3/c1-2-4-14(3-1)15-18-16(20-19-15)17-8-11-5-12(9-17)7-13(6-11)10-17/h11-14H,1-10H2,(H,18,19,20). The minimum Gasteiger partial charge on any atom is -0.263 e. The first-order chi connectivity index (χ1) is 9.81. The van der Waals surface area contributed by atoms with Crippen LogP contribution in [0.2, 0.25) is 0 Å². The molecule has 108 valence electrons. The van der Waals surface area contributed by atoms with Crippen molar-refractivity contribution in [2.45, 2.75) is 75.5 Å². The Morgan fingerprint density at radius 3 is 2.10 bits per heavy atom. The van der Waals surface area contributed by atoms with Gasteiger partial charge in [-0.1, -0.05) is 12.8 Å². The lowest BCUT2D eigenvalue weighted by Crippen LogP contribution is -2.49. The summed E-state index contributed by atoms with van der Waals surface area (Å²) in [5.41, 5.74) is 0.363. The number of rotatable bonds is 2. The molecule has 5 fully saturated rings. The molecule has 0 aliphatic heterocycles. The molecular weight excluding hydrogens is 246 g/mol. The number of hydrogen-bond acceptors (Lipinski definition) is 2. The van der Waals surface area contributed by atoms with E-state index < -0.39 is 0 Å². The van der Waals surface area contributed by atoms with Gasteiger partial charge in [-0.25, -0.2) is 4.98 Å². The van der Waals surface area contributed by atoms with E-state index in [1.807, 2.05) is 0 Å². The van der Waals surface area contributed by atoms with Gasteiger partial charge in [-0.2, -0.15) is 5.10 Å². The van der Waals surface area contributed by atoms with Gasteiger partial charge in [0.05, 0.1) is 0 Å². The lowest BCUT2D eigenvalue weighted by atomic mass is 9.49. The van der Waals surface area contributed by atoms with Crippen LogP contribution in [0, 0.1) is 17.8 Å². The van der Waals surface area contributed by atoms with Crippen molar-refractivity contribution in [1.29, 1.82) is 0 Å². The van der Waals surface area contributed by atoms with E-state index in [2.05, 4.69) is 5.10 Å². The van der Waals surface area contributed by atoms with Crippen molar-refractivity contribution in [2.75, 3.05) is 0 Å². The van der Waals surface area contributed by atoms with E-state index in [4.69, 9.17) is 10.1 Å². The summed E-state index contributed by atoms with van der Waals surface area (Å²) in [6, 6.07) is 0. The van der Waals surface area contributed by atoms with E-state index in [-0.39, 0.29) is 0 Å². The average molecular weight is 271 g/mol. The van der Waals surface area contributed by atoms with Crippen LogP contribution in [0.4, 0.5) is 0 Å². The summed E-state index contributed by atoms with van der Waals surface area (Å²) in [7, 11) is 0. The molecule has 0 amide bonds. The summed E-state index contributed by atoms with van der Waals surface area (Å²) in [4.78, 5) is 5.02. The SMILES string of the molecule is C1CCC(c2nc(C34CC5CC(CC(C5)C3)C4)n[nH]2)C1. The monoisotopic (exact) mass is 271 g/mol. The van der Waals surface area contributed by atoms with Crippen molar-refractivity contribution in [3.63, 3.8) is 0 Å². The van der Waals surface area contributed by atoms with E-state index >= 15 is 0 Å². The van der Waals surface area contributed by atoms with Crippen molar-refractivity contribution >= 4 is 0 Å². The summed E-state index contributed by atoms with van der Waals surface area (Å²) in [5.74, 6) is 6.01. The Bertz CT molecular complexity index is 477. The lowest BCUT2D eigenvalue weighted by molar-refractivity contribution is -0.00926. The van der Waals surface area contributed by atoms with Gasteiger partial charge in [0.1, 0.15) is 5.82 Å². The summed E-state index contributed by atoms with van der Waals surface area (Å²) in [6.45, 7) is 0. The van der Waals surface area contributed by atoms with Crippen LogP contribution >= 0.6 is 0 Å². The van der Waals surface area contributed by atoms with Gasteiger partial charge in [-0.05, 0) is 69.1 Å². The van der Waals surface area contributed by atoms with Gasteiger partial charge in [0.25, 0.3) is 0 Å². The Morgan fingerprint density at radius 2 is 1.50 bits per heavy atom. The Hall–Kier alpha value is -0.860. The molecule has 5 saturated carbocycles. The number of aromatic nitrogens is 3. The first-order valence-corrected chi connectivity index (χ1v) is 8.73. The molecule has 0 saturated heterocycles. The Morgan fingerprint density at radius 1 is 0.900 bits per heavy atom. The first kappa shape index (κ1) is 11.8. The molecule has 3 heteroatoms. The molecule has 6 rings (SSSR count). The van der Waals surface area contributed by atoms with E-state index in [0.29, 0.717) is 11.3 Å². The first-order valence-electron chi connectivity index (χ1n) is 8.73. The van der Waals surface area contributed by atoms with Gasteiger partial charge < -0.3 is 0 Å². The Kier molecular flexibility index (Phi) is 2.40. The molecule has 1 aromatic heterocycles. The minimum absolute atomic E-state index is 0.363. The molecule has 1 heterocycles. The third kappa shape index (κ3) is 1.64. The van der Waals surface area contributed by atoms with Crippen molar-refractivity contribution in [3.05, 3.63) is 11.6 Å². The van der Waals surface area contributed by atoms with Crippen LogP contribution in [0.5, 0.6) is 0 Å². The predicted octanol–water partition coefficient (Wildman–Crippen LogP) is 3.93. The number of aromatic amines is 1. The number of nitrogens with zero attached hydrogens (tertiary/aromatic N) is 2. The summed E-state index contributed by atoms with van der Waals surface area (Å²) in [6.07, 6.45) is 14.0. The van der Waals surface area contributed by atoms with Crippen molar-refractivity contribution in [2.24, 2.45) is 17.8 Å². The smallest absolute Gasteiger partial charge is 0.156 e. The molecular formula is C17H25N3. The maximum atomic E-state index is 5.02. The molecule has 1 N–H and O–H groups in total. The average Bonchev–Trinajstić information content (AvgIpc) is 3.09. The highest BCUT2D eigenvalue weighted by Crippen LogP contribution is 2.60. The predicted molar refractivity (Wildman–Crippen MR) is 77.4 cm³/mol. The third-order valence-electron chi connectivity index (χ3n) is 6.76. The maximum absolute atomic E-state index is 5.02. The highest BCUT2D eigenvalue weighted by molar-refractivity contribution is 5.18. The molecule has 0 spiro atoms. The topological polar surface area (TPSA) is 41.6 Å². The molecule has 5 aliphatic carbocycles.